The molecule has 130 valence electrons. The Labute approximate surface area is 170 Å². The van der Waals surface area contributed by atoms with Crippen LogP contribution >= 0.6 is 0 Å². The zero-order chi connectivity index (χ0) is 14.2. The van der Waals surface area contributed by atoms with Crippen molar-refractivity contribution in [1.29, 1.82) is 0 Å². The van der Waals surface area contributed by atoms with Crippen molar-refractivity contribution in [3.63, 3.8) is 0 Å². The lowest BCUT2D eigenvalue weighted by atomic mass is 10.1. The van der Waals surface area contributed by atoms with Gasteiger partial charge < -0.3 is 67.6 Å². The highest BCUT2D eigenvalue weighted by atomic mass is 127. The van der Waals surface area contributed by atoms with Gasteiger partial charge in [0.1, 0.15) is 0 Å². The molecule has 2 aliphatic rings. The zero-order valence-electron chi connectivity index (χ0n) is 13.9. The maximum absolute atomic E-state index is 2.40. The molecule has 0 atom stereocenters. The summed E-state index contributed by atoms with van der Waals surface area (Å²) in [6.45, 7) is 4.56. The van der Waals surface area contributed by atoms with E-state index in [0.717, 1.165) is 13.3 Å². The first kappa shape index (κ1) is 22.1. The maximum atomic E-state index is 2.40. The molecule has 6 heteroatoms. The molecule has 0 spiro atoms. The quantitative estimate of drug-likeness (QED) is 0.228. The summed E-state index contributed by atoms with van der Waals surface area (Å²) >= 11 is 0. The van der Waals surface area contributed by atoms with Crippen molar-refractivity contribution in [2.45, 2.75) is 38.5 Å². The molecule has 0 aromatic carbocycles. The Morgan fingerprint density at radius 3 is 1.27 bits per heavy atom. The van der Waals surface area contributed by atoms with Crippen LogP contribution in [0.3, 0.4) is 0 Å². The molecule has 0 N–H and O–H groups in total. The SMILES string of the molecule is CN1C=CN(CCCCCCCCN2C=CN(C)C2)C1.[I-].[I-]. The topological polar surface area (TPSA) is 13.0 Å². The lowest BCUT2D eigenvalue weighted by Crippen LogP contribution is -3.00. The summed E-state index contributed by atoms with van der Waals surface area (Å²) in [6, 6.07) is 0. The molecule has 4 nitrogen and oxygen atoms in total. The van der Waals surface area contributed by atoms with Gasteiger partial charge in [-0.25, -0.2) is 0 Å². The molecule has 2 heterocycles. The molecule has 0 radical (unpaired) electrons. The summed E-state index contributed by atoms with van der Waals surface area (Å²) in [7, 11) is 4.26. The molecule has 0 amide bonds. The zero-order valence-corrected chi connectivity index (χ0v) is 18.2. The molecule has 2 rings (SSSR count). The average Bonchev–Trinajstić information content (AvgIpc) is 3.02. The van der Waals surface area contributed by atoms with Crippen LogP contribution in [0.4, 0.5) is 0 Å². The molecule has 0 unspecified atom stereocenters. The second-order valence-electron chi connectivity index (χ2n) is 6.14. The predicted octanol–water partition coefficient (Wildman–Crippen LogP) is -3.31. The average molecular weight is 532 g/mol. The van der Waals surface area contributed by atoms with Gasteiger partial charge in [0.05, 0.1) is 13.3 Å². The molecule has 0 saturated heterocycles. The minimum atomic E-state index is 0. The second-order valence-corrected chi connectivity index (χ2v) is 6.14. The third-order valence-electron chi connectivity index (χ3n) is 4.01. The van der Waals surface area contributed by atoms with Crippen LogP contribution in [-0.2, 0) is 0 Å². The summed E-state index contributed by atoms with van der Waals surface area (Å²) in [6.07, 6.45) is 16.9. The summed E-state index contributed by atoms with van der Waals surface area (Å²) < 4.78 is 0. The van der Waals surface area contributed by atoms with Crippen LogP contribution in [0.5, 0.6) is 0 Å². The van der Waals surface area contributed by atoms with E-state index in [1.165, 1.54) is 51.6 Å². The molecule has 0 aliphatic carbocycles. The first-order chi connectivity index (χ1) is 9.74. The smallest absolute Gasteiger partial charge is 0.0890 e. The van der Waals surface area contributed by atoms with Crippen molar-refractivity contribution in [3.05, 3.63) is 24.8 Å². The Balaban J connectivity index is 0.00000220. The Morgan fingerprint density at radius 1 is 0.591 bits per heavy atom. The van der Waals surface area contributed by atoms with Gasteiger partial charge in [-0.3, -0.25) is 0 Å². The molecule has 2 aliphatic heterocycles. The highest BCUT2D eigenvalue weighted by Gasteiger charge is 2.08. The first-order valence-corrected chi connectivity index (χ1v) is 7.99. The summed E-state index contributed by atoms with van der Waals surface area (Å²) in [5, 5.41) is 0. The van der Waals surface area contributed by atoms with Gasteiger partial charge >= 0.3 is 0 Å². The summed E-state index contributed by atoms with van der Waals surface area (Å²) in [5.41, 5.74) is 0. The molecular formula is C16H30I2N4-2. The van der Waals surface area contributed by atoms with Crippen molar-refractivity contribution in [3.8, 4) is 0 Å². The van der Waals surface area contributed by atoms with Gasteiger partial charge in [0, 0.05) is 52.0 Å². The fourth-order valence-electron chi connectivity index (χ4n) is 2.81. The summed E-state index contributed by atoms with van der Waals surface area (Å²) in [4.78, 5) is 9.25. The van der Waals surface area contributed by atoms with Gasteiger partial charge in [-0.15, -0.1) is 0 Å². The normalized spacial score (nSPS) is 16.3. The Kier molecular flexibility index (Phi) is 12.6. The van der Waals surface area contributed by atoms with E-state index in [1.54, 1.807) is 0 Å². The maximum Gasteiger partial charge on any atom is 0.0890 e. The third kappa shape index (κ3) is 8.69. The lowest BCUT2D eigenvalue weighted by molar-refractivity contribution is -0.001000. The van der Waals surface area contributed by atoms with Crippen LogP contribution in [0, 0.1) is 0 Å². The fraction of sp³-hybridized carbons (Fsp3) is 0.750. The van der Waals surface area contributed by atoms with Crippen molar-refractivity contribution >= 4 is 0 Å². The summed E-state index contributed by atoms with van der Waals surface area (Å²) in [5.74, 6) is 0. The van der Waals surface area contributed by atoms with Crippen LogP contribution in [0.25, 0.3) is 0 Å². The van der Waals surface area contributed by atoms with Crippen molar-refractivity contribution < 1.29 is 48.0 Å². The molecular weight excluding hydrogens is 502 g/mol. The molecule has 22 heavy (non-hydrogen) atoms. The Morgan fingerprint density at radius 2 is 0.955 bits per heavy atom. The first-order valence-electron chi connectivity index (χ1n) is 7.99. The van der Waals surface area contributed by atoms with Gasteiger partial charge in [-0.05, 0) is 12.8 Å². The lowest BCUT2D eigenvalue weighted by Gasteiger charge is -2.18. The van der Waals surface area contributed by atoms with Gasteiger partial charge in [0.2, 0.25) is 0 Å². The third-order valence-corrected chi connectivity index (χ3v) is 4.01. The Bertz CT molecular complexity index is 304. The van der Waals surface area contributed by atoms with E-state index in [-0.39, 0.29) is 48.0 Å². The van der Waals surface area contributed by atoms with Gasteiger partial charge in [-0.1, -0.05) is 25.7 Å². The van der Waals surface area contributed by atoms with E-state index in [1.807, 2.05) is 0 Å². The minimum absolute atomic E-state index is 0. The number of nitrogens with zero attached hydrogens (tertiary/aromatic N) is 4. The van der Waals surface area contributed by atoms with Gasteiger partial charge in [0.15, 0.2) is 0 Å². The highest BCUT2D eigenvalue weighted by molar-refractivity contribution is 4.89. The number of unbranched alkanes of at least 4 members (excludes halogenated alkanes) is 5. The van der Waals surface area contributed by atoms with Gasteiger partial charge in [-0.2, -0.15) is 0 Å². The van der Waals surface area contributed by atoms with E-state index in [0.29, 0.717) is 0 Å². The standard InChI is InChI=1S/C16H30N4.2HI/c1-17-11-13-19(15-17)9-7-5-3-4-6-8-10-20-14-12-18(2)16-20;;/h11-14H,3-10,15-16H2,1-2H3;2*1H/p-2. The van der Waals surface area contributed by atoms with Crippen molar-refractivity contribution in [2.75, 3.05) is 40.5 Å². The van der Waals surface area contributed by atoms with Crippen LogP contribution < -0.4 is 48.0 Å². The van der Waals surface area contributed by atoms with E-state index in [2.05, 4.69) is 58.5 Å². The van der Waals surface area contributed by atoms with Crippen LogP contribution in [-0.4, -0.2) is 60.1 Å². The molecule has 0 saturated carbocycles. The minimum Gasteiger partial charge on any atom is -1.00 e. The van der Waals surface area contributed by atoms with Crippen LogP contribution in [0.1, 0.15) is 38.5 Å². The van der Waals surface area contributed by atoms with Crippen LogP contribution in [0.15, 0.2) is 24.8 Å². The molecule has 0 aromatic rings. The van der Waals surface area contributed by atoms with E-state index >= 15 is 0 Å². The van der Waals surface area contributed by atoms with E-state index in [9.17, 15) is 0 Å². The number of rotatable bonds is 9. The van der Waals surface area contributed by atoms with E-state index < -0.39 is 0 Å². The van der Waals surface area contributed by atoms with Crippen molar-refractivity contribution in [2.24, 2.45) is 0 Å². The highest BCUT2D eigenvalue weighted by Crippen LogP contribution is 2.11. The second kappa shape index (κ2) is 12.5. The molecule has 0 bridgehead atoms. The predicted molar refractivity (Wildman–Crippen MR) is 84.7 cm³/mol. The van der Waals surface area contributed by atoms with Crippen LogP contribution in [0.2, 0.25) is 0 Å². The number of hydrogen-bond acceptors (Lipinski definition) is 4. The monoisotopic (exact) mass is 532 g/mol. The molecule has 0 fully saturated rings. The van der Waals surface area contributed by atoms with Crippen molar-refractivity contribution in [1.82, 2.24) is 19.6 Å². The Hall–Kier alpha value is 0.140. The van der Waals surface area contributed by atoms with Gasteiger partial charge in [0.25, 0.3) is 0 Å². The fourth-order valence-corrected chi connectivity index (χ4v) is 2.81. The number of hydrogen-bond donors (Lipinski definition) is 0. The largest absolute Gasteiger partial charge is 1.00 e. The number of halogens is 2. The molecule has 0 aromatic heterocycles. The van der Waals surface area contributed by atoms with E-state index in [4.69, 9.17) is 0 Å².